The van der Waals surface area contributed by atoms with Crippen molar-refractivity contribution in [2.24, 2.45) is 18.7 Å². The molecule has 0 aliphatic heterocycles. The molecule has 0 bridgehead atoms. The Balaban J connectivity index is 2.20. The van der Waals surface area contributed by atoms with Crippen molar-refractivity contribution in [3.05, 3.63) is 12.2 Å². The van der Waals surface area contributed by atoms with Gasteiger partial charge in [-0.2, -0.15) is 0 Å². The first-order valence-electron chi connectivity index (χ1n) is 5.81. The van der Waals surface area contributed by atoms with Crippen molar-refractivity contribution in [1.82, 2.24) is 14.8 Å². The van der Waals surface area contributed by atoms with E-state index in [4.69, 9.17) is 5.73 Å². The van der Waals surface area contributed by atoms with Gasteiger partial charge in [0, 0.05) is 19.0 Å². The SMILES string of the molecule is CCC1CCC(N)CC1c1nncn1C. The van der Waals surface area contributed by atoms with Gasteiger partial charge in [0.1, 0.15) is 12.2 Å². The van der Waals surface area contributed by atoms with Gasteiger partial charge < -0.3 is 10.3 Å². The van der Waals surface area contributed by atoms with E-state index in [0.29, 0.717) is 12.0 Å². The molecule has 4 heteroatoms. The molecule has 0 aromatic carbocycles. The smallest absolute Gasteiger partial charge is 0.135 e. The molecule has 15 heavy (non-hydrogen) atoms. The number of aryl methyl sites for hydroxylation is 1. The van der Waals surface area contributed by atoms with Gasteiger partial charge in [0.25, 0.3) is 0 Å². The third-order valence-electron chi connectivity index (χ3n) is 3.64. The van der Waals surface area contributed by atoms with Gasteiger partial charge in [-0.1, -0.05) is 13.3 Å². The first kappa shape index (κ1) is 10.6. The van der Waals surface area contributed by atoms with Crippen LogP contribution in [0.3, 0.4) is 0 Å². The maximum atomic E-state index is 6.04. The van der Waals surface area contributed by atoms with Crippen LogP contribution in [-0.4, -0.2) is 20.8 Å². The number of hydrogen-bond acceptors (Lipinski definition) is 3. The summed E-state index contributed by atoms with van der Waals surface area (Å²) in [5, 5.41) is 8.19. The second-order valence-electron chi connectivity index (χ2n) is 4.65. The molecule has 0 saturated heterocycles. The summed E-state index contributed by atoms with van der Waals surface area (Å²) in [4.78, 5) is 0. The van der Waals surface area contributed by atoms with Gasteiger partial charge in [-0.05, 0) is 25.2 Å². The van der Waals surface area contributed by atoms with Crippen molar-refractivity contribution >= 4 is 0 Å². The van der Waals surface area contributed by atoms with Crippen molar-refractivity contribution in [2.45, 2.75) is 44.6 Å². The largest absolute Gasteiger partial charge is 0.328 e. The van der Waals surface area contributed by atoms with Crippen LogP contribution in [0.2, 0.25) is 0 Å². The molecule has 1 aliphatic rings. The molecular formula is C11H20N4. The molecular weight excluding hydrogens is 188 g/mol. The minimum absolute atomic E-state index is 0.342. The van der Waals surface area contributed by atoms with Crippen molar-refractivity contribution in [1.29, 1.82) is 0 Å². The molecule has 0 amide bonds. The van der Waals surface area contributed by atoms with Crippen molar-refractivity contribution in [3.8, 4) is 0 Å². The first-order valence-corrected chi connectivity index (χ1v) is 5.81. The van der Waals surface area contributed by atoms with Crippen molar-refractivity contribution < 1.29 is 0 Å². The van der Waals surface area contributed by atoms with Crippen LogP contribution in [0.1, 0.15) is 44.3 Å². The number of nitrogens with two attached hydrogens (primary N) is 1. The Kier molecular flexibility index (Phi) is 3.05. The van der Waals surface area contributed by atoms with Gasteiger partial charge in [0.2, 0.25) is 0 Å². The summed E-state index contributed by atoms with van der Waals surface area (Å²) in [6, 6.07) is 0.342. The predicted molar refractivity (Wildman–Crippen MR) is 59.4 cm³/mol. The van der Waals surface area contributed by atoms with Crippen molar-refractivity contribution in [3.63, 3.8) is 0 Å². The van der Waals surface area contributed by atoms with Gasteiger partial charge in [-0.25, -0.2) is 0 Å². The number of hydrogen-bond donors (Lipinski definition) is 1. The number of nitrogens with zero attached hydrogens (tertiary/aromatic N) is 3. The Labute approximate surface area is 90.9 Å². The Morgan fingerprint density at radius 1 is 1.53 bits per heavy atom. The lowest BCUT2D eigenvalue weighted by Crippen LogP contribution is -2.33. The van der Waals surface area contributed by atoms with Gasteiger partial charge in [-0.3, -0.25) is 0 Å². The van der Waals surface area contributed by atoms with Gasteiger partial charge in [0.15, 0.2) is 0 Å². The first-order chi connectivity index (χ1) is 7.22. The van der Waals surface area contributed by atoms with Crippen LogP contribution in [0.4, 0.5) is 0 Å². The van der Waals surface area contributed by atoms with Crippen LogP contribution in [-0.2, 0) is 7.05 Å². The highest BCUT2D eigenvalue weighted by Crippen LogP contribution is 2.37. The fraction of sp³-hybridized carbons (Fsp3) is 0.818. The number of aromatic nitrogens is 3. The van der Waals surface area contributed by atoms with Crippen LogP contribution in [0.15, 0.2) is 6.33 Å². The van der Waals surface area contributed by atoms with E-state index in [2.05, 4.69) is 17.1 Å². The fourth-order valence-corrected chi connectivity index (χ4v) is 2.70. The molecule has 2 N–H and O–H groups in total. The molecule has 3 atom stereocenters. The summed E-state index contributed by atoms with van der Waals surface area (Å²) < 4.78 is 2.03. The zero-order chi connectivity index (χ0) is 10.8. The minimum Gasteiger partial charge on any atom is -0.328 e. The summed E-state index contributed by atoms with van der Waals surface area (Å²) in [7, 11) is 2.02. The van der Waals surface area contributed by atoms with Crippen LogP contribution in [0.5, 0.6) is 0 Å². The second kappa shape index (κ2) is 4.31. The number of rotatable bonds is 2. The third kappa shape index (κ3) is 2.04. The van der Waals surface area contributed by atoms with E-state index in [1.807, 2.05) is 11.6 Å². The lowest BCUT2D eigenvalue weighted by atomic mass is 9.75. The highest BCUT2D eigenvalue weighted by atomic mass is 15.2. The Morgan fingerprint density at radius 3 is 2.93 bits per heavy atom. The quantitative estimate of drug-likeness (QED) is 0.800. The maximum Gasteiger partial charge on any atom is 0.135 e. The average Bonchev–Trinajstić information content (AvgIpc) is 2.64. The van der Waals surface area contributed by atoms with Crippen LogP contribution in [0, 0.1) is 5.92 Å². The fourth-order valence-electron chi connectivity index (χ4n) is 2.70. The monoisotopic (exact) mass is 208 g/mol. The van der Waals surface area contributed by atoms with E-state index in [1.54, 1.807) is 6.33 Å². The summed E-state index contributed by atoms with van der Waals surface area (Å²) in [6.07, 6.45) is 6.44. The van der Waals surface area contributed by atoms with Gasteiger partial charge in [-0.15, -0.1) is 10.2 Å². The van der Waals surface area contributed by atoms with Gasteiger partial charge >= 0.3 is 0 Å². The van der Waals surface area contributed by atoms with E-state index >= 15 is 0 Å². The highest BCUT2D eigenvalue weighted by Gasteiger charge is 2.31. The Morgan fingerprint density at radius 2 is 2.33 bits per heavy atom. The van der Waals surface area contributed by atoms with Crippen LogP contribution >= 0.6 is 0 Å². The normalized spacial score (nSPS) is 31.8. The average molecular weight is 208 g/mol. The molecule has 3 unspecified atom stereocenters. The van der Waals surface area contributed by atoms with E-state index in [-0.39, 0.29) is 0 Å². The molecule has 1 aliphatic carbocycles. The summed E-state index contributed by atoms with van der Waals surface area (Å²) in [5.74, 6) is 2.34. The molecule has 1 aromatic heterocycles. The standard InChI is InChI=1S/C11H20N4/c1-3-8-4-5-9(12)6-10(8)11-14-13-7-15(11)2/h7-10H,3-6,12H2,1-2H3. The van der Waals surface area contributed by atoms with E-state index < -0.39 is 0 Å². The molecule has 1 fully saturated rings. The topological polar surface area (TPSA) is 56.7 Å². The molecule has 1 aromatic rings. The molecule has 4 nitrogen and oxygen atoms in total. The highest BCUT2D eigenvalue weighted by molar-refractivity contribution is 5.02. The van der Waals surface area contributed by atoms with E-state index in [9.17, 15) is 0 Å². The molecule has 84 valence electrons. The minimum atomic E-state index is 0.342. The predicted octanol–water partition coefficient (Wildman–Crippen LogP) is 1.44. The van der Waals surface area contributed by atoms with E-state index in [1.165, 1.54) is 12.8 Å². The zero-order valence-electron chi connectivity index (χ0n) is 9.56. The zero-order valence-corrected chi connectivity index (χ0v) is 9.56. The van der Waals surface area contributed by atoms with E-state index in [0.717, 1.165) is 24.6 Å². The second-order valence-corrected chi connectivity index (χ2v) is 4.65. The van der Waals surface area contributed by atoms with Crippen LogP contribution in [0.25, 0.3) is 0 Å². The summed E-state index contributed by atoms with van der Waals surface area (Å²) in [6.45, 7) is 2.25. The maximum absolute atomic E-state index is 6.04. The molecule has 0 radical (unpaired) electrons. The summed E-state index contributed by atoms with van der Waals surface area (Å²) >= 11 is 0. The molecule has 0 spiro atoms. The van der Waals surface area contributed by atoms with Crippen molar-refractivity contribution in [2.75, 3.05) is 0 Å². The summed E-state index contributed by atoms with van der Waals surface area (Å²) in [5.41, 5.74) is 6.04. The lowest BCUT2D eigenvalue weighted by Gasteiger charge is -2.33. The van der Waals surface area contributed by atoms with Gasteiger partial charge in [0.05, 0.1) is 0 Å². The third-order valence-corrected chi connectivity index (χ3v) is 3.64. The molecule has 1 saturated carbocycles. The Hall–Kier alpha value is -0.900. The molecule has 1 heterocycles. The Bertz CT molecular complexity index is 320. The van der Waals surface area contributed by atoms with Crippen LogP contribution < -0.4 is 5.73 Å². The lowest BCUT2D eigenvalue weighted by molar-refractivity contribution is 0.261. The molecule has 2 rings (SSSR count).